The first kappa shape index (κ1) is 15.2. The van der Waals surface area contributed by atoms with Gasteiger partial charge in [0.2, 0.25) is 5.78 Å². The van der Waals surface area contributed by atoms with Crippen molar-refractivity contribution in [2.75, 3.05) is 12.3 Å². The van der Waals surface area contributed by atoms with Crippen LogP contribution in [0.2, 0.25) is 0 Å². The van der Waals surface area contributed by atoms with Gasteiger partial charge in [-0.25, -0.2) is 4.79 Å². The van der Waals surface area contributed by atoms with Crippen LogP contribution < -0.4 is 5.73 Å². The number of aromatic nitrogens is 2. The Hall–Kier alpha value is -2.67. The Kier molecular flexibility index (Phi) is 3.87. The van der Waals surface area contributed by atoms with Crippen LogP contribution in [0, 0.1) is 13.8 Å². The minimum Gasteiger partial charge on any atom is -0.454 e. The molecule has 0 aliphatic rings. The number of fused-ring (bicyclic) bond motifs is 1. The Morgan fingerprint density at radius 2 is 2.00 bits per heavy atom. The lowest BCUT2D eigenvalue weighted by atomic mass is 10.1. The lowest BCUT2D eigenvalue weighted by Crippen LogP contribution is -2.16. The Morgan fingerprint density at radius 3 is 2.70 bits per heavy atom. The van der Waals surface area contributed by atoms with Gasteiger partial charge in [-0.3, -0.25) is 4.79 Å². The highest BCUT2D eigenvalue weighted by Crippen LogP contribution is 2.24. The minimum atomic E-state index is -0.625. The van der Waals surface area contributed by atoms with E-state index in [1.54, 1.807) is 6.92 Å². The number of anilines is 1. The molecule has 23 heavy (non-hydrogen) atoms. The maximum atomic E-state index is 12.4. The van der Waals surface area contributed by atoms with Crippen LogP contribution >= 0.6 is 11.5 Å². The van der Waals surface area contributed by atoms with E-state index < -0.39 is 5.97 Å². The van der Waals surface area contributed by atoms with Gasteiger partial charge in [-0.05, 0) is 31.4 Å². The quantitative estimate of drug-likeness (QED) is 0.566. The summed E-state index contributed by atoms with van der Waals surface area (Å²) in [5.74, 6) is -0.882. The van der Waals surface area contributed by atoms with E-state index in [0.717, 1.165) is 28.1 Å². The van der Waals surface area contributed by atoms with E-state index in [-0.39, 0.29) is 18.0 Å². The molecule has 3 rings (SSSR count). The maximum Gasteiger partial charge on any atom is 0.343 e. The van der Waals surface area contributed by atoms with Crippen molar-refractivity contribution in [2.45, 2.75) is 13.8 Å². The summed E-state index contributed by atoms with van der Waals surface area (Å²) in [5.41, 5.74) is 8.62. The number of nitrogen functional groups attached to an aromatic ring is 1. The molecule has 0 unspecified atom stereocenters. The normalized spacial score (nSPS) is 10.9. The molecule has 0 saturated heterocycles. The number of nitrogens with zero attached hydrogens (tertiary/aromatic N) is 1. The summed E-state index contributed by atoms with van der Waals surface area (Å²) in [5, 5.41) is 1.11. The van der Waals surface area contributed by atoms with Gasteiger partial charge in [0.05, 0.1) is 5.69 Å². The summed E-state index contributed by atoms with van der Waals surface area (Å²) >= 11 is 1.03. The minimum absolute atomic E-state index is 0.235. The van der Waals surface area contributed by atoms with Crippen LogP contribution in [0.15, 0.2) is 24.3 Å². The molecule has 0 bridgehead atoms. The topological polar surface area (TPSA) is 98.1 Å². The molecular weight excluding hydrogens is 314 g/mol. The van der Waals surface area contributed by atoms with Crippen molar-refractivity contribution in [3.05, 3.63) is 46.8 Å². The van der Waals surface area contributed by atoms with Crippen LogP contribution in [0.5, 0.6) is 0 Å². The van der Waals surface area contributed by atoms with Crippen LogP contribution in [-0.4, -0.2) is 27.7 Å². The SMILES string of the molecule is Cc1nsc(N)c1C(=O)OCC(=O)c1c(C)[nH]c2ccccc12. The van der Waals surface area contributed by atoms with Crippen molar-refractivity contribution in [2.24, 2.45) is 0 Å². The second-order valence-corrected chi connectivity index (χ2v) is 5.98. The molecule has 7 heteroatoms. The third kappa shape index (κ3) is 2.70. The zero-order valence-electron chi connectivity index (χ0n) is 12.7. The summed E-state index contributed by atoms with van der Waals surface area (Å²) in [6.45, 7) is 3.16. The summed E-state index contributed by atoms with van der Waals surface area (Å²) in [4.78, 5) is 27.7. The van der Waals surface area contributed by atoms with Crippen molar-refractivity contribution < 1.29 is 14.3 Å². The fraction of sp³-hybridized carbons (Fsp3) is 0.188. The third-order valence-electron chi connectivity index (χ3n) is 3.60. The number of nitrogens with one attached hydrogen (secondary N) is 1. The molecule has 6 nitrogen and oxygen atoms in total. The molecule has 0 atom stereocenters. The Morgan fingerprint density at radius 1 is 1.26 bits per heavy atom. The predicted molar refractivity (Wildman–Crippen MR) is 88.9 cm³/mol. The van der Waals surface area contributed by atoms with Crippen LogP contribution in [0.4, 0.5) is 5.00 Å². The zero-order chi connectivity index (χ0) is 16.6. The first-order chi connectivity index (χ1) is 11.0. The van der Waals surface area contributed by atoms with Gasteiger partial charge >= 0.3 is 5.97 Å². The van der Waals surface area contributed by atoms with Gasteiger partial charge in [0, 0.05) is 22.2 Å². The van der Waals surface area contributed by atoms with Crippen LogP contribution in [0.3, 0.4) is 0 Å². The van der Waals surface area contributed by atoms with Crippen molar-refractivity contribution in [1.82, 2.24) is 9.36 Å². The van der Waals surface area contributed by atoms with Gasteiger partial charge in [0.15, 0.2) is 6.61 Å². The largest absolute Gasteiger partial charge is 0.454 e. The molecule has 118 valence electrons. The van der Waals surface area contributed by atoms with Crippen molar-refractivity contribution >= 4 is 39.2 Å². The molecule has 0 amide bonds. The standard InChI is InChI=1S/C16H15N3O3S/c1-8-13(10-5-3-4-6-11(10)18-8)12(20)7-22-16(21)14-9(2)19-23-15(14)17/h3-6,18H,7,17H2,1-2H3. The van der Waals surface area contributed by atoms with Gasteiger partial charge in [-0.1, -0.05) is 18.2 Å². The Bertz CT molecular complexity index is 891. The van der Waals surface area contributed by atoms with Crippen LogP contribution in [0.1, 0.15) is 32.1 Å². The molecular formula is C16H15N3O3S. The molecule has 0 radical (unpaired) electrons. The van der Waals surface area contributed by atoms with Gasteiger partial charge in [0.1, 0.15) is 10.6 Å². The highest BCUT2D eigenvalue weighted by Gasteiger charge is 2.21. The van der Waals surface area contributed by atoms with Gasteiger partial charge in [-0.2, -0.15) is 4.37 Å². The predicted octanol–water partition coefficient (Wildman–Crippen LogP) is 2.86. The second kappa shape index (κ2) is 5.85. The summed E-state index contributed by atoms with van der Waals surface area (Å²) in [6, 6.07) is 7.51. The summed E-state index contributed by atoms with van der Waals surface area (Å²) in [6.07, 6.45) is 0. The number of benzene rings is 1. The van der Waals surface area contributed by atoms with E-state index >= 15 is 0 Å². The van der Waals surface area contributed by atoms with E-state index in [1.165, 1.54) is 0 Å². The van der Waals surface area contributed by atoms with E-state index in [0.29, 0.717) is 16.3 Å². The van der Waals surface area contributed by atoms with E-state index in [4.69, 9.17) is 10.5 Å². The Labute approximate surface area is 136 Å². The van der Waals surface area contributed by atoms with E-state index in [2.05, 4.69) is 9.36 Å². The molecule has 0 spiro atoms. The van der Waals surface area contributed by atoms with Gasteiger partial charge in [-0.15, -0.1) is 0 Å². The number of hydrogen-bond acceptors (Lipinski definition) is 6. The van der Waals surface area contributed by atoms with Crippen molar-refractivity contribution in [1.29, 1.82) is 0 Å². The fourth-order valence-corrected chi connectivity index (χ4v) is 3.20. The fourth-order valence-electron chi connectivity index (χ4n) is 2.55. The molecule has 0 saturated carbocycles. The number of hydrogen-bond donors (Lipinski definition) is 2. The number of Topliss-reactive ketones (excluding diaryl/α,β-unsaturated/α-hetero) is 1. The first-order valence-electron chi connectivity index (χ1n) is 6.98. The second-order valence-electron chi connectivity index (χ2n) is 5.18. The van der Waals surface area contributed by atoms with E-state index in [9.17, 15) is 9.59 Å². The number of carbonyl (C=O) groups excluding carboxylic acids is 2. The number of H-pyrrole nitrogens is 1. The molecule has 3 N–H and O–H groups in total. The highest BCUT2D eigenvalue weighted by molar-refractivity contribution is 7.10. The number of nitrogens with two attached hydrogens (primary N) is 1. The van der Waals surface area contributed by atoms with Gasteiger partial charge in [0.25, 0.3) is 0 Å². The average molecular weight is 329 g/mol. The number of aromatic amines is 1. The molecule has 1 aromatic carbocycles. The van der Waals surface area contributed by atoms with E-state index in [1.807, 2.05) is 31.2 Å². The molecule has 0 aliphatic heterocycles. The maximum absolute atomic E-state index is 12.4. The molecule has 0 fully saturated rings. The highest BCUT2D eigenvalue weighted by atomic mass is 32.1. The monoisotopic (exact) mass is 329 g/mol. The number of aryl methyl sites for hydroxylation is 2. The number of ether oxygens (including phenoxy) is 1. The van der Waals surface area contributed by atoms with Crippen molar-refractivity contribution in [3.8, 4) is 0 Å². The van der Waals surface area contributed by atoms with Crippen LogP contribution in [-0.2, 0) is 4.74 Å². The Balaban J connectivity index is 1.79. The molecule has 2 heterocycles. The van der Waals surface area contributed by atoms with Gasteiger partial charge < -0.3 is 15.5 Å². The number of esters is 1. The summed E-state index contributed by atoms with van der Waals surface area (Å²) < 4.78 is 9.12. The molecule has 0 aliphatic carbocycles. The number of carbonyl (C=O) groups is 2. The third-order valence-corrected chi connectivity index (χ3v) is 4.37. The lowest BCUT2D eigenvalue weighted by Gasteiger charge is -2.05. The first-order valence-corrected chi connectivity index (χ1v) is 7.75. The number of rotatable bonds is 4. The number of ketones is 1. The van der Waals surface area contributed by atoms with Crippen molar-refractivity contribution in [3.63, 3.8) is 0 Å². The van der Waals surface area contributed by atoms with Crippen LogP contribution in [0.25, 0.3) is 10.9 Å². The smallest absolute Gasteiger partial charge is 0.343 e. The zero-order valence-corrected chi connectivity index (χ0v) is 13.5. The summed E-state index contributed by atoms with van der Waals surface area (Å²) in [7, 11) is 0. The number of para-hydroxylation sites is 1. The lowest BCUT2D eigenvalue weighted by molar-refractivity contribution is 0.0475. The average Bonchev–Trinajstić information content (AvgIpc) is 3.03. The molecule has 3 aromatic rings. The molecule has 2 aromatic heterocycles.